The van der Waals surface area contributed by atoms with Gasteiger partial charge in [0.15, 0.2) is 11.5 Å². The number of hydrogen-bond acceptors (Lipinski definition) is 4. The van der Waals surface area contributed by atoms with Crippen molar-refractivity contribution in [2.75, 3.05) is 0 Å². The second-order valence-corrected chi connectivity index (χ2v) is 3.76. The van der Waals surface area contributed by atoms with E-state index in [9.17, 15) is 15.0 Å². The lowest BCUT2D eigenvalue weighted by molar-refractivity contribution is -0.142. The van der Waals surface area contributed by atoms with Crippen molar-refractivity contribution in [3.05, 3.63) is 17.7 Å². The van der Waals surface area contributed by atoms with Gasteiger partial charge in [-0.2, -0.15) is 0 Å². The molecule has 0 saturated carbocycles. The molecule has 4 N–H and O–H groups in total. The molecule has 0 heterocycles. The standard InChI is InChI=1S/C10H12O5/c1-10(2,9(14)15)5-3-4-6(11)8(13)7(5)12/h3-4,11-13H,1-2H3,(H,14,15). The number of hydrogen-bond donors (Lipinski definition) is 4. The molecule has 0 fully saturated rings. The first kappa shape index (κ1) is 11.2. The van der Waals surface area contributed by atoms with Gasteiger partial charge in [0.25, 0.3) is 0 Å². The van der Waals surface area contributed by atoms with Gasteiger partial charge >= 0.3 is 5.97 Å². The third-order valence-electron chi connectivity index (χ3n) is 2.34. The molecule has 0 spiro atoms. The highest BCUT2D eigenvalue weighted by molar-refractivity contribution is 5.82. The lowest BCUT2D eigenvalue weighted by atomic mass is 9.84. The highest BCUT2D eigenvalue weighted by Crippen LogP contribution is 2.42. The number of phenols is 3. The molecule has 0 amide bonds. The van der Waals surface area contributed by atoms with Gasteiger partial charge in [-0.3, -0.25) is 4.79 Å². The molecule has 15 heavy (non-hydrogen) atoms. The van der Waals surface area contributed by atoms with E-state index in [1.54, 1.807) is 0 Å². The van der Waals surface area contributed by atoms with E-state index in [0.29, 0.717) is 0 Å². The second kappa shape index (κ2) is 3.34. The van der Waals surface area contributed by atoms with Crippen LogP contribution in [0.15, 0.2) is 12.1 Å². The van der Waals surface area contributed by atoms with Crippen molar-refractivity contribution in [2.24, 2.45) is 0 Å². The van der Waals surface area contributed by atoms with E-state index in [1.165, 1.54) is 19.9 Å². The first-order valence-electron chi connectivity index (χ1n) is 4.26. The van der Waals surface area contributed by atoms with Gasteiger partial charge in [-0.1, -0.05) is 6.07 Å². The minimum atomic E-state index is -1.34. The van der Waals surface area contributed by atoms with Gasteiger partial charge < -0.3 is 20.4 Å². The van der Waals surface area contributed by atoms with Crippen LogP contribution >= 0.6 is 0 Å². The van der Waals surface area contributed by atoms with Gasteiger partial charge in [-0.25, -0.2) is 0 Å². The van der Waals surface area contributed by atoms with E-state index in [2.05, 4.69) is 0 Å². The number of phenolic OH excluding ortho intramolecular Hbond substituents is 3. The smallest absolute Gasteiger partial charge is 0.313 e. The molecule has 82 valence electrons. The molecular formula is C10H12O5. The number of aromatic hydroxyl groups is 3. The summed E-state index contributed by atoms with van der Waals surface area (Å²) in [5.74, 6) is -2.94. The SMILES string of the molecule is CC(C)(C(=O)O)c1ccc(O)c(O)c1O. The highest BCUT2D eigenvalue weighted by atomic mass is 16.4. The van der Waals surface area contributed by atoms with E-state index in [-0.39, 0.29) is 5.56 Å². The molecule has 1 aromatic rings. The van der Waals surface area contributed by atoms with E-state index < -0.39 is 28.6 Å². The summed E-state index contributed by atoms with van der Waals surface area (Å²) >= 11 is 0. The molecule has 0 aliphatic carbocycles. The lowest BCUT2D eigenvalue weighted by Crippen LogP contribution is -2.28. The fraction of sp³-hybridized carbons (Fsp3) is 0.300. The van der Waals surface area contributed by atoms with E-state index in [0.717, 1.165) is 6.07 Å². The Kier molecular flexibility index (Phi) is 2.49. The van der Waals surface area contributed by atoms with Crippen LogP contribution in [0.25, 0.3) is 0 Å². The van der Waals surface area contributed by atoms with Crippen LogP contribution in [0.5, 0.6) is 17.2 Å². The second-order valence-electron chi connectivity index (χ2n) is 3.76. The molecule has 0 aliphatic rings. The summed E-state index contributed by atoms with van der Waals surface area (Å²) in [7, 11) is 0. The summed E-state index contributed by atoms with van der Waals surface area (Å²) < 4.78 is 0. The van der Waals surface area contributed by atoms with Crippen LogP contribution in [0.3, 0.4) is 0 Å². The first-order chi connectivity index (χ1) is 6.78. The van der Waals surface area contributed by atoms with Crippen LogP contribution in [0, 0.1) is 0 Å². The van der Waals surface area contributed by atoms with Crippen molar-refractivity contribution in [1.29, 1.82) is 0 Å². The van der Waals surface area contributed by atoms with Crippen LogP contribution in [0.1, 0.15) is 19.4 Å². The Hall–Kier alpha value is -1.91. The predicted molar refractivity (Wildman–Crippen MR) is 52.1 cm³/mol. The molecule has 1 rings (SSSR count). The third-order valence-corrected chi connectivity index (χ3v) is 2.34. The maximum Gasteiger partial charge on any atom is 0.313 e. The zero-order chi connectivity index (χ0) is 11.8. The van der Waals surface area contributed by atoms with E-state index in [1.807, 2.05) is 0 Å². The van der Waals surface area contributed by atoms with Gasteiger partial charge in [-0.05, 0) is 19.9 Å². The molecule has 0 unspecified atom stereocenters. The molecule has 0 saturated heterocycles. The number of carboxylic acid groups (broad SMARTS) is 1. The summed E-state index contributed by atoms with van der Waals surface area (Å²) in [5, 5.41) is 36.7. The topological polar surface area (TPSA) is 98.0 Å². The zero-order valence-electron chi connectivity index (χ0n) is 8.35. The molecule has 1 aromatic carbocycles. The van der Waals surface area contributed by atoms with Gasteiger partial charge in [0.1, 0.15) is 0 Å². The normalized spacial score (nSPS) is 11.3. The Morgan fingerprint density at radius 3 is 2.13 bits per heavy atom. The molecule has 5 heteroatoms. The van der Waals surface area contributed by atoms with Gasteiger partial charge in [0.2, 0.25) is 5.75 Å². The fourth-order valence-electron chi connectivity index (χ4n) is 1.19. The van der Waals surface area contributed by atoms with E-state index >= 15 is 0 Å². The van der Waals surface area contributed by atoms with Crippen LogP contribution in [-0.2, 0) is 10.2 Å². The first-order valence-corrected chi connectivity index (χ1v) is 4.26. The summed E-state index contributed by atoms with van der Waals surface area (Å²) in [6.07, 6.45) is 0. The Bertz CT molecular complexity index is 409. The zero-order valence-corrected chi connectivity index (χ0v) is 8.35. The third kappa shape index (κ3) is 1.68. The van der Waals surface area contributed by atoms with Crippen molar-refractivity contribution in [2.45, 2.75) is 19.3 Å². The molecule has 0 bridgehead atoms. The Morgan fingerprint density at radius 1 is 1.13 bits per heavy atom. The van der Waals surface area contributed by atoms with Crippen molar-refractivity contribution < 1.29 is 25.2 Å². The average Bonchev–Trinajstić information content (AvgIpc) is 2.13. The monoisotopic (exact) mass is 212 g/mol. The maximum absolute atomic E-state index is 10.9. The van der Waals surface area contributed by atoms with Crippen molar-refractivity contribution >= 4 is 5.97 Å². The molecule has 5 nitrogen and oxygen atoms in total. The maximum atomic E-state index is 10.9. The van der Waals surface area contributed by atoms with Crippen LogP contribution in [0.2, 0.25) is 0 Å². The minimum Gasteiger partial charge on any atom is -0.504 e. The molecule has 0 aliphatic heterocycles. The molecule has 0 aromatic heterocycles. The summed E-state index contributed by atoms with van der Waals surface area (Å²) in [6.45, 7) is 2.78. The summed E-state index contributed by atoms with van der Waals surface area (Å²) in [6, 6.07) is 2.40. The van der Waals surface area contributed by atoms with Crippen LogP contribution in [-0.4, -0.2) is 26.4 Å². The van der Waals surface area contributed by atoms with Crippen LogP contribution < -0.4 is 0 Å². The number of carboxylic acids is 1. The predicted octanol–water partition coefficient (Wildman–Crippen LogP) is 1.17. The van der Waals surface area contributed by atoms with Gasteiger partial charge in [-0.15, -0.1) is 0 Å². The summed E-state index contributed by atoms with van der Waals surface area (Å²) in [5.41, 5.74) is -1.29. The number of benzene rings is 1. The summed E-state index contributed by atoms with van der Waals surface area (Å²) in [4.78, 5) is 10.9. The van der Waals surface area contributed by atoms with E-state index in [4.69, 9.17) is 10.2 Å². The Balaban J connectivity index is 3.40. The Morgan fingerprint density at radius 2 is 1.67 bits per heavy atom. The number of carbonyl (C=O) groups is 1. The minimum absolute atomic E-state index is 0.0466. The van der Waals surface area contributed by atoms with Gasteiger partial charge in [0, 0.05) is 5.56 Å². The van der Waals surface area contributed by atoms with Crippen molar-refractivity contribution in [1.82, 2.24) is 0 Å². The number of aliphatic carboxylic acids is 1. The van der Waals surface area contributed by atoms with Gasteiger partial charge in [0.05, 0.1) is 5.41 Å². The lowest BCUT2D eigenvalue weighted by Gasteiger charge is -2.21. The number of rotatable bonds is 2. The van der Waals surface area contributed by atoms with Crippen molar-refractivity contribution in [3.8, 4) is 17.2 Å². The molecule has 0 atom stereocenters. The van der Waals surface area contributed by atoms with Crippen molar-refractivity contribution in [3.63, 3.8) is 0 Å². The van der Waals surface area contributed by atoms with Crippen LogP contribution in [0.4, 0.5) is 0 Å². The highest BCUT2D eigenvalue weighted by Gasteiger charge is 2.33. The quantitative estimate of drug-likeness (QED) is 0.551. The Labute approximate surface area is 86.2 Å². The fourth-order valence-corrected chi connectivity index (χ4v) is 1.19. The average molecular weight is 212 g/mol. The largest absolute Gasteiger partial charge is 0.504 e. The molecule has 0 radical (unpaired) electrons. The molecular weight excluding hydrogens is 200 g/mol.